The second kappa shape index (κ2) is 3.84. The zero-order chi connectivity index (χ0) is 12.7. The zero-order valence-corrected chi connectivity index (χ0v) is 10.3. The van der Waals surface area contributed by atoms with Gasteiger partial charge in [0.25, 0.3) is 0 Å². The third-order valence-corrected chi connectivity index (χ3v) is 2.99. The van der Waals surface area contributed by atoms with Crippen LogP contribution in [0.2, 0.25) is 0 Å². The Labute approximate surface area is 104 Å². The molecule has 0 saturated carbocycles. The van der Waals surface area contributed by atoms with E-state index in [1.165, 1.54) is 6.07 Å². The van der Waals surface area contributed by atoms with Crippen molar-refractivity contribution in [3.8, 4) is 5.69 Å². The van der Waals surface area contributed by atoms with Gasteiger partial charge in [-0.1, -0.05) is 0 Å². The van der Waals surface area contributed by atoms with E-state index in [2.05, 4.69) is 9.97 Å². The van der Waals surface area contributed by atoms with Gasteiger partial charge in [0.1, 0.15) is 5.82 Å². The number of hydrogen-bond acceptors (Lipinski definition) is 2. The van der Waals surface area contributed by atoms with Crippen molar-refractivity contribution in [2.24, 2.45) is 0 Å². The third kappa shape index (κ3) is 1.72. The molecule has 0 radical (unpaired) electrons. The summed E-state index contributed by atoms with van der Waals surface area (Å²) in [6.07, 6.45) is 2.00. The van der Waals surface area contributed by atoms with E-state index in [0.29, 0.717) is 0 Å². The molecule has 90 valence electrons. The first kappa shape index (κ1) is 10.8. The minimum Gasteiger partial charge on any atom is -0.322 e. The van der Waals surface area contributed by atoms with Crippen molar-refractivity contribution < 1.29 is 0 Å². The Morgan fingerprint density at radius 1 is 1.17 bits per heavy atom. The number of hydrogen-bond donors (Lipinski definition) is 1. The van der Waals surface area contributed by atoms with E-state index in [4.69, 9.17) is 0 Å². The molecule has 0 fully saturated rings. The van der Waals surface area contributed by atoms with Gasteiger partial charge in [0.15, 0.2) is 0 Å². The van der Waals surface area contributed by atoms with Crippen LogP contribution in [0.1, 0.15) is 11.5 Å². The summed E-state index contributed by atoms with van der Waals surface area (Å²) >= 11 is 0. The SMILES string of the molecule is Cc1cn(-c2ccc3[nH]c(=O)ccc3c2)c(C)n1. The molecule has 0 aliphatic heterocycles. The number of aryl methyl sites for hydroxylation is 2. The number of imidazole rings is 1. The topological polar surface area (TPSA) is 50.7 Å². The fourth-order valence-corrected chi connectivity index (χ4v) is 2.17. The summed E-state index contributed by atoms with van der Waals surface area (Å²) in [5, 5.41) is 1.01. The highest BCUT2D eigenvalue weighted by Crippen LogP contribution is 2.17. The van der Waals surface area contributed by atoms with E-state index in [-0.39, 0.29) is 5.56 Å². The van der Waals surface area contributed by atoms with Crippen molar-refractivity contribution in [2.75, 3.05) is 0 Å². The number of fused-ring (bicyclic) bond motifs is 1. The summed E-state index contributed by atoms with van der Waals surface area (Å²) in [6, 6.07) is 9.31. The lowest BCUT2D eigenvalue weighted by atomic mass is 10.2. The first-order valence-corrected chi connectivity index (χ1v) is 5.79. The molecule has 0 atom stereocenters. The number of aromatic amines is 1. The quantitative estimate of drug-likeness (QED) is 0.708. The average Bonchev–Trinajstić information content (AvgIpc) is 2.68. The van der Waals surface area contributed by atoms with Crippen LogP contribution in [0, 0.1) is 13.8 Å². The van der Waals surface area contributed by atoms with Crippen LogP contribution in [0.25, 0.3) is 16.6 Å². The van der Waals surface area contributed by atoms with Crippen LogP contribution in [0.15, 0.2) is 41.3 Å². The van der Waals surface area contributed by atoms with Gasteiger partial charge >= 0.3 is 0 Å². The van der Waals surface area contributed by atoms with Crippen molar-refractivity contribution >= 4 is 10.9 Å². The Balaban J connectivity index is 2.22. The minimum atomic E-state index is -0.0788. The van der Waals surface area contributed by atoms with Crippen LogP contribution in [0.3, 0.4) is 0 Å². The molecule has 2 aromatic heterocycles. The fourth-order valence-electron chi connectivity index (χ4n) is 2.17. The number of rotatable bonds is 1. The maximum atomic E-state index is 11.2. The molecule has 0 spiro atoms. The first-order chi connectivity index (χ1) is 8.63. The van der Waals surface area contributed by atoms with E-state index in [1.54, 1.807) is 0 Å². The standard InChI is InChI=1S/C14H13N3O/c1-9-8-17(10(2)15-9)12-4-5-13-11(7-12)3-6-14(18)16-13/h3-8H,1-2H3,(H,16,18). The van der Waals surface area contributed by atoms with Crippen molar-refractivity contribution in [3.05, 3.63) is 58.4 Å². The van der Waals surface area contributed by atoms with Gasteiger partial charge in [0.05, 0.1) is 5.69 Å². The Morgan fingerprint density at radius 2 is 2.00 bits per heavy atom. The lowest BCUT2D eigenvalue weighted by molar-refractivity contribution is 0.976. The Bertz CT molecular complexity index is 783. The van der Waals surface area contributed by atoms with E-state index < -0.39 is 0 Å². The Kier molecular flexibility index (Phi) is 2.30. The molecular formula is C14H13N3O. The van der Waals surface area contributed by atoms with Gasteiger partial charge in [0.2, 0.25) is 5.56 Å². The van der Waals surface area contributed by atoms with Gasteiger partial charge in [-0.25, -0.2) is 4.98 Å². The van der Waals surface area contributed by atoms with Gasteiger partial charge in [-0.3, -0.25) is 4.79 Å². The highest BCUT2D eigenvalue weighted by Gasteiger charge is 2.04. The van der Waals surface area contributed by atoms with Crippen LogP contribution < -0.4 is 5.56 Å². The maximum absolute atomic E-state index is 11.2. The van der Waals surface area contributed by atoms with E-state index in [1.807, 2.05) is 48.9 Å². The van der Waals surface area contributed by atoms with Gasteiger partial charge in [-0.05, 0) is 38.1 Å². The van der Waals surface area contributed by atoms with Crippen molar-refractivity contribution in [1.29, 1.82) is 0 Å². The van der Waals surface area contributed by atoms with Gasteiger partial charge in [-0.15, -0.1) is 0 Å². The van der Waals surface area contributed by atoms with E-state index in [9.17, 15) is 4.79 Å². The number of benzene rings is 1. The van der Waals surface area contributed by atoms with Crippen molar-refractivity contribution in [2.45, 2.75) is 13.8 Å². The molecule has 18 heavy (non-hydrogen) atoms. The van der Waals surface area contributed by atoms with Crippen LogP contribution in [0.5, 0.6) is 0 Å². The molecule has 0 saturated heterocycles. The summed E-state index contributed by atoms with van der Waals surface area (Å²) in [7, 11) is 0. The van der Waals surface area contributed by atoms with Crippen LogP contribution in [0.4, 0.5) is 0 Å². The molecule has 0 aliphatic carbocycles. The number of pyridine rings is 1. The normalized spacial score (nSPS) is 11.0. The third-order valence-electron chi connectivity index (χ3n) is 2.99. The lowest BCUT2D eigenvalue weighted by Gasteiger charge is -2.06. The molecule has 0 unspecified atom stereocenters. The zero-order valence-electron chi connectivity index (χ0n) is 10.3. The van der Waals surface area contributed by atoms with Crippen LogP contribution >= 0.6 is 0 Å². The summed E-state index contributed by atoms with van der Waals surface area (Å²) in [5.41, 5.74) is 2.81. The van der Waals surface area contributed by atoms with Crippen molar-refractivity contribution in [3.63, 3.8) is 0 Å². The largest absolute Gasteiger partial charge is 0.322 e. The highest BCUT2D eigenvalue weighted by molar-refractivity contribution is 5.80. The Morgan fingerprint density at radius 3 is 2.72 bits per heavy atom. The molecule has 3 aromatic rings. The van der Waals surface area contributed by atoms with Crippen LogP contribution in [-0.2, 0) is 0 Å². The molecule has 4 nitrogen and oxygen atoms in total. The smallest absolute Gasteiger partial charge is 0.248 e. The highest BCUT2D eigenvalue weighted by atomic mass is 16.1. The number of H-pyrrole nitrogens is 1. The fraction of sp³-hybridized carbons (Fsp3) is 0.143. The summed E-state index contributed by atoms with van der Waals surface area (Å²) in [5.74, 6) is 0.955. The Hall–Kier alpha value is -2.36. The predicted octanol–water partition coefficient (Wildman–Crippen LogP) is 2.33. The average molecular weight is 239 g/mol. The molecule has 0 amide bonds. The molecule has 1 aromatic carbocycles. The molecular weight excluding hydrogens is 226 g/mol. The maximum Gasteiger partial charge on any atom is 0.248 e. The van der Waals surface area contributed by atoms with Crippen molar-refractivity contribution in [1.82, 2.24) is 14.5 Å². The minimum absolute atomic E-state index is 0.0788. The van der Waals surface area contributed by atoms with Gasteiger partial charge in [0, 0.05) is 28.9 Å². The molecule has 0 bridgehead atoms. The summed E-state index contributed by atoms with van der Waals surface area (Å²) in [6.45, 7) is 3.95. The van der Waals surface area contributed by atoms with Gasteiger partial charge < -0.3 is 9.55 Å². The summed E-state index contributed by atoms with van der Waals surface area (Å²) in [4.78, 5) is 18.4. The molecule has 3 rings (SSSR count). The molecule has 4 heteroatoms. The summed E-state index contributed by atoms with van der Waals surface area (Å²) < 4.78 is 2.04. The second-order valence-electron chi connectivity index (χ2n) is 4.39. The van der Waals surface area contributed by atoms with E-state index in [0.717, 1.165) is 28.1 Å². The first-order valence-electron chi connectivity index (χ1n) is 5.79. The number of nitrogens with one attached hydrogen (secondary N) is 1. The number of nitrogens with zero attached hydrogens (tertiary/aromatic N) is 2. The van der Waals surface area contributed by atoms with E-state index >= 15 is 0 Å². The second-order valence-corrected chi connectivity index (χ2v) is 4.39. The number of aromatic nitrogens is 3. The lowest BCUT2D eigenvalue weighted by Crippen LogP contribution is -2.03. The molecule has 2 heterocycles. The van der Waals surface area contributed by atoms with Gasteiger partial charge in [-0.2, -0.15) is 0 Å². The monoisotopic (exact) mass is 239 g/mol. The molecule has 1 N–H and O–H groups in total. The predicted molar refractivity (Wildman–Crippen MR) is 71.2 cm³/mol. The molecule has 0 aliphatic rings. The van der Waals surface area contributed by atoms with Crippen LogP contribution in [-0.4, -0.2) is 14.5 Å².